The number of rotatable bonds is 6. The summed E-state index contributed by atoms with van der Waals surface area (Å²) in [6.45, 7) is -0.759. The molecule has 0 aliphatic heterocycles. The molecule has 0 amide bonds. The SMILES string of the molecule is COCC(CO)NS(=O)(=O)c1ccccc1C(F)(F)F. The Hall–Kier alpha value is -1.16. The highest BCUT2D eigenvalue weighted by Crippen LogP contribution is 2.33. The molecule has 1 aromatic rings. The topological polar surface area (TPSA) is 75.6 Å². The van der Waals surface area contributed by atoms with Crippen molar-refractivity contribution in [1.82, 2.24) is 4.72 Å². The lowest BCUT2D eigenvalue weighted by molar-refractivity contribution is -0.139. The summed E-state index contributed by atoms with van der Waals surface area (Å²) in [5.74, 6) is 0. The van der Waals surface area contributed by atoms with Crippen LogP contribution in [0.2, 0.25) is 0 Å². The Labute approximate surface area is 114 Å². The molecule has 0 aromatic heterocycles. The van der Waals surface area contributed by atoms with Crippen molar-refractivity contribution >= 4 is 10.0 Å². The van der Waals surface area contributed by atoms with Gasteiger partial charge in [0.15, 0.2) is 0 Å². The van der Waals surface area contributed by atoms with Gasteiger partial charge in [0.05, 0.1) is 29.7 Å². The van der Waals surface area contributed by atoms with Gasteiger partial charge in [0, 0.05) is 7.11 Å². The van der Waals surface area contributed by atoms with Crippen LogP contribution in [-0.2, 0) is 20.9 Å². The molecule has 114 valence electrons. The number of nitrogens with one attached hydrogen (secondary N) is 1. The van der Waals surface area contributed by atoms with E-state index in [9.17, 15) is 21.6 Å². The van der Waals surface area contributed by atoms with Crippen LogP contribution in [-0.4, -0.2) is 39.9 Å². The summed E-state index contributed by atoms with van der Waals surface area (Å²) in [4.78, 5) is -0.887. The summed E-state index contributed by atoms with van der Waals surface area (Å²) < 4.78 is 68.9. The number of alkyl halides is 3. The maximum absolute atomic E-state index is 12.8. The molecule has 0 aliphatic carbocycles. The summed E-state index contributed by atoms with van der Waals surface area (Å²) in [6.07, 6.45) is -4.79. The summed E-state index contributed by atoms with van der Waals surface area (Å²) in [5, 5.41) is 8.97. The Morgan fingerprint density at radius 1 is 1.35 bits per heavy atom. The van der Waals surface area contributed by atoms with Gasteiger partial charge >= 0.3 is 6.18 Å². The molecule has 0 saturated carbocycles. The largest absolute Gasteiger partial charge is 0.417 e. The highest BCUT2D eigenvalue weighted by Gasteiger charge is 2.37. The minimum atomic E-state index is -4.79. The number of methoxy groups -OCH3 is 1. The first-order valence-corrected chi connectivity index (χ1v) is 6.99. The van der Waals surface area contributed by atoms with Crippen LogP contribution in [0.4, 0.5) is 13.2 Å². The molecule has 1 rings (SSSR count). The number of hydrogen-bond acceptors (Lipinski definition) is 4. The molecule has 2 N–H and O–H groups in total. The zero-order valence-corrected chi connectivity index (χ0v) is 11.3. The van der Waals surface area contributed by atoms with Crippen molar-refractivity contribution < 1.29 is 31.4 Å². The number of aliphatic hydroxyl groups excluding tert-OH is 1. The average molecular weight is 313 g/mol. The number of hydrogen-bond donors (Lipinski definition) is 2. The lowest BCUT2D eigenvalue weighted by Crippen LogP contribution is -2.41. The van der Waals surface area contributed by atoms with E-state index >= 15 is 0 Å². The quantitative estimate of drug-likeness (QED) is 0.821. The normalized spacial score (nSPS) is 14.2. The Bertz CT molecular complexity index is 545. The fourth-order valence-electron chi connectivity index (χ4n) is 1.54. The number of benzene rings is 1. The van der Waals surface area contributed by atoms with Gasteiger partial charge in [-0.25, -0.2) is 13.1 Å². The predicted octanol–water partition coefficient (Wildman–Crippen LogP) is 0.991. The Morgan fingerprint density at radius 3 is 2.45 bits per heavy atom. The van der Waals surface area contributed by atoms with Crippen molar-refractivity contribution in [2.45, 2.75) is 17.1 Å². The minimum Gasteiger partial charge on any atom is -0.395 e. The highest BCUT2D eigenvalue weighted by molar-refractivity contribution is 7.89. The van der Waals surface area contributed by atoms with Gasteiger partial charge in [-0.3, -0.25) is 0 Å². The third kappa shape index (κ3) is 4.17. The van der Waals surface area contributed by atoms with Gasteiger partial charge in [0.2, 0.25) is 10.0 Å². The monoisotopic (exact) mass is 313 g/mol. The second kappa shape index (κ2) is 6.53. The van der Waals surface area contributed by atoms with Crippen LogP contribution in [0.5, 0.6) is 0 Å². The first-order valence-electron chi connectivity index (χ1n) is 5.50. The highest BCUT2D eigenvalue weighted by atomic mass is 32.2. The molecule has 0 fully saturated rings. The molecule has 0 aliphatic rings. The smallest absolute Gasteiger partial charge is 0.395 e. The third-order valence-electron chi connectivity index (χ3n) is 2.39. The first kappa shape index (κ1) is 16.9. The van der Waals surface area contributed by atoms with E-state index in [0.29, 0.717) is 6.07 Å². The molecular weight excluding hydrogens is 299 g/mol. The van der Waals surface area contributed by atoms with Crippen LogP contribution in [0.25, 0.3) is 0 Å². The van der Waals surface area contributed by atoms with Gasteiger partial charge in [-0.1, -0.05) is 12.1 Å². The second-order valence-electron chi connectivity index (χ2n) is 3.95. The van der Waals surface area contributed by atoms with Crippen molar-refractivity contribution in [3.63, 3.8) is 0 Å². The van der Waals surface area contributed by atoms with Gasteiger partial charge in [-0.05, 0) is 12.1 Å². The summed E-state index contributed by atoms with van der Waals surface area (Å²) >= 11 is 0. The van der Waals surface area contributed by atoms with E-state index < -0.39 is 39.3 Å². The number of aliphatic hydroxyl groups is 1. The molecule has 1 atom stereocenters. The molecule has 5 nitrogen and oxygen atoms in total. The molecule has 0 saturated heterocycles. The Balaban J connectivity index is 3.16. The Kier molecular flexibility index (Phi) is 5.51. The van der Waals surface area contributed by atoms with Gasteiger partial charge < -0.3 is 9.84 Å². The van der Waals surface area contributed by atoms with Crippen LogP contribution in [0.1, 0.15) is 5.56 Å². The zero-order valence-electron chi connectivity index (χ0n) is 10.5. The Morgan fingerprint density at radius 2 is 1.95 bits per heavy atom. The molecule has 1 aromatic carbocycles. The lowest BCUT2D eigenvalue weighted by atomic mass is 10.2. The summed E-state index contributed by atoms with van der Waals surface area (Å²) in [7, 11) is -3.14. The molecule has 9 heteroatoms. The van der Waals surface area contributed by atoms with Crippen molar-refractivity contribution in [2.75, 3.05) is 20.3 Å². The minimum absolute atomic E-state index is 0.163. The van der Waals surface area contributed by atoms with Gasteiger partial charge in [0.1, 0.15) is 0 Å². The van der Waals surface area contributed by atoms with Gasteiger partial charge in [0.25, 0.3) is 0 Å². The van der Waals surface area contributed by atoms with Crippen molar-refractivity contribution in [2.24, 2.45) is 0 Å². The molecule has 0 bridgehead atoms. The van der Waals surface area contributed by atoms with Crippen molar-refractivity contribution in [3.05, 3.63) is 29.8 Å². The molecule has 0 spiro atoms. The molecule has 0 radical (unpaired) electrons. The van der Waals surface area contributed by atoms with Crippen molar-refractivity contribution in [3.8, 4) is 0 Å². The number of sulfonamides is 1. The zero-order chi connectivity index (χ0) is 15.4. The van der Waals surface area contributed by atoms with E-state index in [4.69, 9.17) is 5.11 Å². The van der Waals surface area contributed by atoms with Gasteiger partial charge in [-0.15, -0.1) is 0 Å². The maximum Gasteiger partial charge on any atom is 0.417 e. The fourth-order valence-corrected chi connectivity index (χ4v) is 2.98. The van der Waals surface area contributed by atoms with Crippen molar-refractivity contribution in [1.29, 1.82) is 0 Å². The van der Waals surface area contributed by atoms with E-state index in [-0.39, 0.29) is 6.61 Å². The average Bonchev–Trinajstić information content (AvgIpc) is 2.37. The third-order valence-corrected chi connectivity index (χ3v) is 3.97. The molecule has 1 unspecified atom stereocenters. The van der Waals surface area contributed by atoms with Crippen LogP contribution in [0, 0.1) is 0 Å². The standard InChI is InChI=1S/C11H14F3NO4S/c1-19-7-8(6-16)15-20(17,18)10-5-3-2-4-9(10)11(12,13)14/h2-5,8,15-16H,6-7H2,1H3. The predicted molar refractivity (Wildman–Crippen MR) is 64.5 cm³/mol. The number of ether oxygens (including phenoxy) is 1. The molecule has 0 heterocycles. The lowest BCUT2D eigenvalue weighted by Gasteiger charge is -2.18. The van der Waals surface area contributed by atoms with E-state index in [1.54, 1.807) is 0 Å². The fraction of sp³-hybridized carbons (Fsp3) is 0.455. The summed E-state index contributed by atoms with van der Waals surface area (Å²) in [6, 6.07) is 2.80. The van der Waals surface area contributed by atoms with E-state index in [0.717, 1.165) is 12.1 Å². The van der Waals surface area contributed by atoms with Gasteiger partial charge in [-0.2, -0.15) is 13.2 Å². The maximum atomic E-state index is 12.8. The van der Waals surface area contributed by atoms with E-state index in [1.165, 1.54) is 13.2 Å². The summed E-state index contributed by atoms with van der Waals surface area (Å²) in [5.41, 5.74) is -1.26. The van der Waals surface area contributed by atoms with E-state index in [1.807, 2.05) is 4.72 Å². The number of halogens is 3. The van der Waals surface area contributed by atoms with Crippen LogP contribution in [0.15, 0.2) is 29.2 Å². The molecular formula is C11H14F3NO4S. The van der Waals surface area contributed by atoms with Crippen LogP contribution < -0.4 is 4.72 Å². The van der Waals surface area contributed by atoms with E-state index in [2.05, 4.69) is 4.74 Å². The molecule has 20 heavy (non-hydrogen) atoms. The second-order valence-corrected chi connectivity index (χ2v) is 5.63. The first-order chi connectivity index (χ1) is 9.22. The van der Waals surface area contributed by atoms with Crippen LogP contribution >= 0.6 is 0 Å². The van der Waals surface area contributed by atoms with Crippen LogP contribution in [0.3, 0.4) is 0 Å².